The molecule has 2 rings (SSSR count). The molecule has 0 atom stereocenters. The Morgan fingerprint density at radius 1 is 1.00 bits per heavy atom. The van der Waals surface area contributed by atoms with Gasteiger partial charge >= 0.3 is 6.09 Å². The summed E-state index contributed by atoms with van der Waals surface area (Å²) in [6.45, 7) is 6.66. The number of carbonyl (C=O) groups is 2. The van der Waals surface area contributed by atoms with Gasteiger partial charge < -0.3 is 14.5 Å². The minimum Gasteiger partial charge on any atom is -0.444 e. The number of hydrogen-bond acceptors (Lipinski definition) is 3. The lowest BCUT2D eigenvalue weighted by atomic mass is 10.1. The number of halogens is 2. The van der Waals surface area contributed by atoms with Crippen molar-refractivity contribution in [2.45, 2.75) is 26.4 Å². The minimum absolute atomic E-state index is 0.0922. The molecule has 1 aliphatic heterocycles. The predicted molar refractivity (Wildman–Crippen MR) is 80.1 cm³/mol. The summed E-state index contributed by atoms with van der Waals surface area (Å²) in [5, 5.41) is 0. The lowest BCUT2D eigenvalue weighted by molar-refractivity contribution is 0.0141. The average Bonchev–Trinajstić information content (AvgIpc) is 2.48. The van der Waals surface area contributed by atoms with Gasteiger partial charge in [-0.1, -0.05) is 0 Å². The van der Waals surface area contributed by atoms with E-state index in [2.05, 4.69) is 0 Å². The molecule has 0 saturated carbocycles. The highest BCUT2D eigenvalue weighted by Gasteiger charge is 2.28. The second kappa shape index (κ2) is 6.52. The highest BCUT2D eigenvalue weighted by Crippen LogP contribution is 2.15. The van der Waals surface area contributed by atoms with Crippen LogP contribution in [0.1, 0.15) is 31.1 Å². The molecule has 0 N–H and O–H groups in total. The quantitative estimate of drug-likeness (QED) is 0.797. The zero-order valence-corrected chi connectivity index (χ0v) is 13.4. The van der Waals surface area contributed by atoms with Gasteiger partial charge in [0.2, 0.25) is 0 Å². The first-order valence-electron chi connectivity index (χ1n) is 7.39. The first kappa shape index (κ1) is 17.2. The molecule has 0 radical (unpaired) electrons. The third-order valence-electron chi connectivity index (χ3n) is 3.39. The fourth-order valence-corrected chi connectivity index (χ4v) is 2.23. The number of rotatable bonds is 1. The molecule has 7 heteroatoms. The Morgan fingerprint density at radius 2 is 1.57 bits per heavy atom. The molecule has 2 amide bonds. The second-order valence-corrected chi connectivity index (χ2v) is 6.39. The third-order valence-corrected chi connectivity index (χ3v) is 3.39. The van der Waals surface area contributed by atoms with Crippen LogP contribution in [0.2, 0.25) is 0 Å². The Balaban J connectivity index is 1.94. The molecule has 0 bridgehead atoms. The maximum Gasteiger partial charge on any atom is 0.410 e. The van der Waals surface area contributed by atoms with E-state index in [0.29, 0.717) is 26.2 Å². The van der Waals surface area contributed by atoms with Gasteiger partial charge in [-0.25, -0.2) is 13.6 Å². The van der Waals surface area contributed by atoms with Gasteiger partial charge in [0, 0.05) is 31.7 Å². The van der Waals surface area contributed by atoms with E-state index in [-0.39, 0.29) is 11.5 Å². The Kier molecular flexibility index (Phi) is 4.87. The molecule has 1 heterocycles. The van der Waals surface area contributed by atoms with Crippen molar-refractivity contribution >= 4 is 12.0 Å². The molecule has 0 aromatic heterocycles. The number of benzene rings is 1. The molecule has 1 aromatic rings. The number of nitrogens with zero attached hydrogens (tertiary/aromatic N) is 2. The lowest BCUT2D eigenvalue weighted by Crippen LogP contribution is -2.51. The number of ether oxygens (including phenoxy) is 1. The van der Waals surface area contributed by atoms with Crippen LogP contribution in [0.5, 0.6) is 0 Å². The normalized spacial score (nSPS) is 15.5. The number of carbonyl (C=O) groups excluding carboxylic acids is 2. The van der Waals surface area contributed by atoms with Crippen LogP contribution in [-0.2, 0) is 4.74 Å². The van der Waals surface area contributed by atoms with E-state index in [1.165, 1.54) is 15.9 Å². The molecule has 126 valence electrons. The maximum absolute atomic E-state index is 13.2. The summed E-state index contributed by atoms with van der Waals surface area (Å²) < 4.78 is 31.4. The molecule has 23 heavy (non-hydrogen) atoms. The summed E-state index contributed by atoms with van der Waals surface area (Å²) in [7, 11) is 0. The summed E-state index contributed by atoms with van der Waals surface area (Å²) in [5.41, 5.74) is -0.481. The molecular weight excluding hydrogens is 306 g/mol. The van der Waals surface area contributed by atoms with E-state index < -0.39 is 23.3 Å². The fourth-order valence-electron chi connectivity index (χ4n) is 2.23. The zero-order valence-electron chi connectivity index (χ0n) is 13.4. The molecular formula is C16H20F2N2O3. The highest BCUT2D eigenvalue weighted by atomic mass is 19.2. The van der Waals surface area contributed by atoms with Gasteiger partial charge in [-0.05, 0) is 39.0 Å². The first-order valence-corrected chi connectivity index (χ1v) is 7.39. The molecule has 1 aliphatic rings. The topological polar surface area (TPSA) is 49.9 Å². The largest absolute Gasteiger partial charge is 0.444 e. The monoisotopic (exact) mass is 326 g/mol. The molecule has 0 spiro atoms. The Morgan fingerprint density at radius 3 is 2.09 bits per heavy atom. The van der Waals surface area contributed by atoms with Gasteiger partial charge in [0.25, 0.3) is 5.91 Å². The summed E-state index contributed by atoms with van der Waals surface area (Å²) in [6.07, 6.45) is -0.419. The summed E-state index contributed by atoms with van der Waals surface area (Å²) >= 11 is 0. The van der Waals surface area contributed by atoms with Crippen molar-refractivity contribution < 1.29 is 23.1 Å². The van der Waals surface area contributed by atoms with Crippen LogP contribution in [0, 0.1) is 11.6 Å². The van der Waals surface area contributed by atoms with E-state index in [4.69, 9.17) is 4.74 Å². The second-order valence-electron chi connectivity index (χ2n) is 6.39. The minimum atomic E-state index is -1.05. The Hall–Kier alpha value is -2.18. The van der Waals surface area contributed by atoms with Crippen LogP contribution in [-0.4, -0.2) is 53.6 Å². The summed E-state index contributed by atoms with van der Waals surface area (Å²) in [6, 6.07) is 3.07. The highest BCUT2D eigenvalue weighted by molar-refractivity contribution is 5.94. The van der Waals surface area contributed by atoms with Crippen LogP contribution in [0.15, 0.2) is 18.2 Å². The summed E-state index contributed by atoms with van der Waals surface area (Å²) in [4.78, 5) is 27.3. The van der Waals surface area contributed by atoms with E-state index in [0.717, 1.165) is 12.1 Å². The van der Waals surface area contributed by atoms with Crippen molar-refractivity contribution in [1.29, 1.82) is 0 Å². The van der Waals surface area contributed by atoms with Crippen LogP contribution < -0.4 is 0 Å². The van der Waals surface area contributed by atoms with Crippen LogP contribution in [0.3, 0.4) is 0 Å². The molecule has 1 aromatic carbocycles. The van der Waals surface area contributed by atoms with Gasteiger partial charge in [0.1, 0.15) is 5.60 Å². The first-order chi connectivity index (χ1) is 10.7. The zero-order chi connectivity index (χ0) is 17.2. The van der Waals surface area contributed by atoms with Gasteiger partial charge in [-0.15, -0.1) is 0 Å². The van der Waals surface area contributed by atoms with E-state index in [1.54, 1.807) is 20.8 Å². The maximum atomic E-state index is 13.2. The average molecular weight is 326 g/mol. The SMILES string of the molecule is CC(C)(C)OC(=O)N1CCN(C(=O)c2ccc(F)c(F)c2)CC1. The van der Waals surface area contributed by atoms with Gasteiger partial charge in [-0.3, -0.25) is 4.79 Å². The molecule has 0 aliphatic carbocycles. The predicted octanol–water partition coefficient (Wildman–Crippen LogP) is 2.66. The fraction of sp³-hybridized carbons (Fsp3) is 0.500. The van der Waals surface area contributed by atoms with Crippen molar-refractivity contribution in [2.75, 3.05) is 26.2 Å². The van der Waals surface area contributed by atoms with Gasteiger partial charge in [0.05, 0.1) is 0 Å². The van der Waals surface area contributed by atoms with E-state index in [9.17, 15) is 18.4 Å². The molecule has 1 fully saturated rings. The number of piperazine rings is 1. The number of hydrogen-bond donors (Lipinski definition) is 0. The van der Waals surface area contributed by atoms with Crippen molar-refractivity contribution in [3.8, 4) is 0 Å². The van der Waals surface area contributed by atoms with Crippen LogP contribution in [0.4, 0.5) is 13.6 Å². The van der Waals surface area contributed by atoms with Gasteiger partial charge in [0.15, 0.2) is 11.6 Å². The molecule has 1 saturated heterocycles. The standard InChI is InChI=1S/C16H20F2N2O3/c1-16(2,3)23-15(22)20-8-6-19(7-9-20)14(21)11-4-5-12(17)13(18)10-11/h4-5,10H,6-9H2,1-3H3. The van der Waals surface area contributed by atoms with Gasteiger partial charge in [-0.2, -0.15) is 0 Å². The van der Waals surface area contributed by atoms with E-state index in [1.807, 2.05) is 0 Å². The smallest absolute Gasteiger partial charge is 0.410 e. The van der Waals surface area contributed by atoms with E-state index >= 15 is 0 Å². The van der Waals surface area contributed by atoms with Crippen molar-refractivity contribution in [1.82, 2.24) is 9.80 Å². The third kappa shape index (κ3) is 4.40. The van der Waals surface area contributed by atoms with Crippen molar-refractivity contribution in [2.24, 2.45) is 0 Å². The Bertz CT molecular complexity index is 606. The van der Waals surface area contributed by atoms with Crippen molar-refractivity contribution in [3.63, 3.8) is 0 Å². The lowest BCUT2D eigenvalue weighted by Gasteiger charge is -2.35. The van der Waals surface area contributed by atoms with Crippen LogP contribution in [0.25, 0.3) is 0 Å². The molecule has 5 nitrogen and oxygen atoms in total. The Labute approximate surface area is 133 Å². The molecule has 0 unspecified atom stereocenters. The van der Waals surface area contributed by atoms with Crippen LogP contribution >= 0.6 is 0 Å². The summed E-state index contributed by atoms with van der Waals surface area (Å²) in [5.74, 6) is -2.42. The van der Waals surface area contributed by atoms with Crippen molar-refractivity contribution in [3.05, 3.63) is 35.4 Å². The number of amides is 2.